The minimum Gasteiger partial charge on any atom is -0.325 e. The van der Waals surface area contributed by atoms with Gasteiger partial charge in [0.2, 0.25) is 0 Å². The number of nitrogens with zero attached hydrogens (tertiary/aromatic N) is 1. The first-order valence-electron chi connectivity index (χ1n) is 8.97. The normalized spacial score (nSPS) is 19.9. The molecule has 1 aliphatic carbocycles. The van der Waals surface area contributed by atoms with Gasteiger partial charge in [0, 0.05) is 18.8 Å². The van der Waals surface area contributed by atoms with Crippen molar-refractivity contribution in [3.63, 3.8) is 0 Å². The molecule has 1 aliphatic heterocycles. The Bertz CT molecular complexity index is 656. The van der Waals surface area contributed by atoms with Crippen molar-refractivity contribution in [3.05, 3.63) is 24.3 Å². The number of carbonyl (C=O) groups excluding carboxylic acids is 1. The quantitative estimate of drug-likeness (QED) is 0.901. The van der Waals surface area contributed by atoms with Gasteiger partial charge in [-0.1, -0.05) is 25.7 Å². The number of sulfone groups is 1. The van der Waals surface area contributed by atoms with E-state index in [1.165, 1.54) is 12.8 Å². The van der Waals surface area contributed by atoms with Crippen LogP contribution in [0, 0.1) is 0 Å². The molecule has 1 aromatic rings. The van der Waals surface area contributed by atoms with Crippen LogP contribution in [0.5, 0.6) is 0 Å². The van der Waals surface area contributed by atoms with Gasteiger partial charge in [-0.15, -0.1) is 0 Å². The molecule has 1 N–H and O–H groups in total. The molecule has 1 aromatic carbocycles. The third kappa shape index (κ3) is 3.91. The van der Waals surface area contributed by atoms with Gasteiger partial charge in [-0.2, -0.15) is 0 Å². The minimum atomic E-state index is -3.23. The second kappa shape index (κ2) is 7.55. The number of benzene rings is 1. The van der Waals surface area contributed by atoms with E-state index < -0.39 is 9.84 Å². The van der Waals surface area contributed by atoms with Gasteiger partial charge in [-0.05, 0) is 49.9 Å². The summed E-state index contributed by atoms with van der Waals surface area (Å²) in [7, 11) is -3.23. The summed E-state index contributed by atoms with van der Waals surface area (Å²) in [4.78, 5) is 14.5. The molecule has 132 valence electrons. The zero-order chi connectivity index (χ0) is 17.0. The van der Waals surface area contributed by atoms with Crippen LogP contribution in [0.15, 0.2) is 29.2 Å². The van der Waals surface area contributed by atoms with Crippen LogP contribution in [0.1, 0.15) is 51.4 Å². The molecule has 0 unspecified atom stereocenters. The topological polar surface area (TPSA) is 66.5 Å². The van der Waals surface area contributed by atoms with E-state index in [4.69, 9.17) is 0 Å². The molecule has 24 heavy (non-hydrogen) atoms. The summed E-state index contributed by atoms with van der Waals surface area (Å²) in [5.74, 6) is 0. The van der Waals surface area contributed by atoms with Crippen LogP contribution in [-0.2, 0) is 9.84 Å². The fraction of sp³-hybridized carbons (Fsp3) is 0.611. The second-order valence-corrected chi connectivity index (χ2v) is 9.04. The van der Waals surface area contributed by atoms with E-state index in [-0.39, 0.29) is 11.3 Å². The molecule has 2 aliphatic rings. The van der Waals surface area contributed by atoms with Gasteiger partial charge in [0.15, 0.2) is 9.84 Å². The maximum Gasteiger partial charge on any atom is 0.321 e. The molecule has 0 spiro atoms. The molecule has 1 saturated carbocycles. The Kier molecular flexibility index (Phi) is 5.43. The molecular formula is C18H26N2O3S. The van der Waals surface area contributed by atoms with Gasteiger partial charge in [-0.3, -0.25) is 0 Å². The number of hydrogen-bond donors (Lipinski definition) is 1. The number of likely N-dealkylation sites (tertiary alicyclic amines) is 1. The average molecular weight is 350 g/mol. The van der Waals surface area contributed by atoms with E-state index in [0.717, 1.165) is 51.6 Å². The predicted octanol–water partition coefficient (Wildman–Crippen LogP) is 3.81. The van der Waals surface area contributed by atoms with E-state index in [9.17, 15) is 13.2 Å². The fourth-order valence-corrected chi connectivity index (χ4v) is 5.45. The molecule has 0 atom stereocenters. The third-order valence-corrected chi connectivity index (χ3v) is 7.35. The maximum absolute atomic E-state index is 12.6. The van der Waals surface area contributed by atoms with Crippen LogP contribution in [0.4, 0.5) is 10.5 Å². The Morgan fingerprint density at radius 3 is 2.08 bits per heavy atom. The monoisotopic (exact) mass is 350 g/mol. The third-order valence-electron chi connectivity index (χ3n) is 5.07. The van der Waals surface area contributed by atoms with Crippen molar-refractivity contribution < 1.29 is 13.2 Å². The summed E-state index contributed by atoms with van der Waals surface area (Å²) in [6.45, 7) is 1.58. The maximum atomic E-state index is 12.6. The Hall–Kier alpha value is -1.56. The molecule has 6 heteroatoms. The van der Waals surface area contributed by atoms with Crippen molar-refractivity contribution in [3.8, 4) is 0 Å². The zero-order valence-corrected chi connectivity index (χ0v) is 14.9. The van der Waals surface area contributed by atoms with Gasteiger partial charge in [0.05, 0.1) is 10.1 Å². The lowest BCUT2D eigenvalue weighted by molar-refractivity contribution is 0.214. The summed E-state index contributed by atoms with van der Waals surface area (Å²) in [5, 5.41) is 2.64. The lowest BCUT2D eigenvalue weighted by Gasteiger charge is -2.21. The number of hydrogen-bond acceptors (Lipinski definition) is 3. The number of amides is 2. The highest BCUT2D eigenvalue weighted by Crippen LogP contribution is 2.30. The van der Waals surface area contributed by atoms with Crippen molar-refractivity contribution in [1.29, 1.82) is 0 Å². The summed E-state index contributed by atoms with van der Waals surface area (Å²) in [6.07, 6.45) is 7.96. The number of anilines is 1. The van der Waals surface area contributed by atoms with E-state index in [1.807, 2.05) is 4.90 Å². The molecule has 5 nitrogen and oxygen atoms in total. The Morgan fingerprint density at radius 1 is 0.917 bits per heavy atom. The van der Waals surface area contributed by atoms with E-state index in [2.05, 4.69) is 5.32 Å². The standard InChI is InChI=1S/C18H26N2O3S/c21-18(20-13-5-1-2-6-14-20)19-15-9-11-17(12-10-15)24(22,23)16-7-3-4-8-16/h9-12,16H,1-8,13-14H2,(H,19,21). The molecule has 2 fully saturated rings. The van der Waals surface area contributed by atoms with Gasteiger partial charge >= 0.3 is 6.03 Å². The molecule has 3 rings (SSSR count). The highest BCUT2D eigenvalue weighted by Gasteiger charge is 2.30. The average Bonchev–Trinajstić information content (AvgIpc) is 2.99. The highest BCUT2D eigenvalue weighted by molar-refractivity contribution is 7.92. The lowest BCUT2D eigenvalue weighted by Crippen LogP contribution is -2.35. The van der Waals surface area contributed by atoms with Crippen LogP contribution in [0.3, 0.4) is 0 Å². The molecule has 1 heterocycles. The first kappa shape index (κ1) is 17.3. The van der Waals surface area contributed by atoms with Gasteiger partial charge in [0.1, 0.15) is 0 Å². The van der Waals surface area contributed by atoms with Crippen LogP contribution < -0.4 is 5.32 Å². The Balaban J connectivity index is 1.64. The molecule has 0 radical (unpaired) electrons. The van der Waals surface area contributed by atoms with Gasteiger partial charge in [0.25, 0.3) is 0 Å². The van der Waals surface area contributed by atoms with Crippen LogP contribution >= 0.6 is 0 Å². The minimum absolute atomic E-state index is 0.0942. The van der Waals surface area contributed by atoms with Crippen molar-refractivity contribution in [2.24, 2.45) is 0 Å². The van der Waals surface area contributed by atoms with E-state index in [1.54, 1.807) is 24.3 Å². The van der Waals surface area contributed by atoms with Crippen molar-refractivity contribution in [2.45, 2.75) is 61.5 Å². The van der Waals surface area contributed by atoms with Crippen molar-refractivity contribution in [1.82, 2.24) is 4.90 Å². The summed E-state index contributed by atoms with van der Waals surface area (Å²) < 4.78 is 25.1. The summed E-state index contributed by atoms with van der Waals surface area (Å²) in [5.41, 5.74) is 0.648. The Labute approximate surface area is 144 Å². The first-order valence-corrected chi connectivity index (χ1v) is 10.5. The number of carbonyl (C=O) groups is 1. The highest BCUT2D eigenvalue weighted by atomic mass is 32.2. The van der Waals surface area contributed by atoms with Crippen molar-refractivity contribution in [2.75, 3.05) is 18.4 Å². The Morgan fingerprint density at radius 2 is 1.50 bits per heavy atom. The van der Waals surface area contributed by atoms with Crippen LogP contribution in [0.2, 0.25) is 0 Å². The first-order chi connectivity index (χ1) is 11.6. The lowest BCUT2D eigenvalue weighted by atomic mass is 10.2. The molecule has 2 amide bonds. The van der Waals surface area contributed by atoms with Gasteiger partial charge in [-0.25, -0.2) is 13.2 Å². The molecule has 0 aromatic heterocycles. The van der Waals surface area contributed by atoms with E-state index in [0.29, 0.717) is 10.6 Å². The van der Waals surface area contributed by atoms with Crippen LogP contribution in [-0.4, -0.2) is 37.7 Å². The summed E-state index contributed by atoms with van der Waals surface area (Å²) >= 11 is 0. The predicted molar refractivity (Wildman–Crippen MR) is 94.9 cm³/mol. The molecular weight excluding hydrogens is 324 g/mol. The number of rotatable bonds is 3. The number of urea groups is 1. The van der Waals surface area contributed by atoms with E-state index >= 15 is 0 Å². The smallest absolute Gasteiger partial charge is 0.321 e. The zero-order valence-electron chi connectivity index (χ0n) is 14.0. The van der Waals surface area contributed by atoms with Crippen LogP contribution in [0.25, 0.3) is 0 Å². The fourth-order valence-electron chi connectivity index (χ4n) is 3.60. The number of nitrogens with one attached hydrogen (secondary N) is 1. The second-order valence-electron chi connectivity index (χ2n) is 6.81. The summed E-state index contributed by atoms with van der Waals surface area (Å²) in [6, 6.07) is 6.52. The largest absolute Gasteiger partial charge is 0.325 e. The molecule has 1 saturated heterocycles. The van der Waals surface area contributed by atoms with Gasteiger partial charge < -0.3 is 10.2 Å². The molecule has 0 bridgehead atoms. The SMILES string of the molecule is O=C(Nc1ccc(S(=O)(=O)C2CCCC2)cc1)N1CCCCCC1. The van der Waals surface area contributed by atoms with Crippen molar-refractivity contribution >= 4 is 21.6 Å².